The summed E-state index contributed by atoms with van der Waals surface area (Å²) in [7, 11) is 1.90. The van der Waals surface area contributed by atoms with Crippen LogP contribution in [0.25, 0.3) is 0 Å². The van der Waals surface area contributed by atoms with Gasteiger partial charge in [-0.15, -0.1) is 0 Å². The maximum Gasteiger partial charge on any atom is 0.586 e. The molecule has 2 saturated heterocycles. The second-order valence-corrected chi connectivity index (χ2v) is 5.19. The fraction of sp³-hybridized carbons (Fsp3) is 0.778. The van der Waals surface area contributed by atoms with Gasteiger partial charge >= 0.3 is 18.6 Å². The average molecular weight is 211 g/mol. The van der Waals surface area contributed by atoms with Crippen LogP contribution in [0, 0.1) is 0 Å². The largest absolute Gasteiger partial charge is 0.600 e. The smallest absolute Gasteiger partial charge is 0.586 e. The van der Waals surface area contributed by atoms with Crippen molar-refractivity contribution in [2.45, 2.75) is 25.1 Å². The number of carbonyl (C=O) groups excluding carboxylic acids is 2. The van der Waals surface area contributed by atoms with E-state index in [4.69, 9.17) is 9.31 Å². The minimum atomic E-state index is -1.72. The Balaban J connectivity index is 2.01. The van der Waals surface area contributed by atoms with Crippen molar-refractivity contribution < 1.29 is 23.3 Å². The topological polar surface area (TPSA) is 52.6 Å². The summed E-state index contributed by atoms with van der Waals surface area (Å²) in [6.07, 6.45) is 3.16. The van der Waals surface area contributed by atoms with Gasteiger partial charge in [-0.2, -0.15) is 0 Å². The van der Waals surface area contributed by atoms with Gasteiger partial charge in [0.05, 0.1) is 0 Å². The molecule has 0 unspecified atom stereocenters. The zero-order valence-corrected chi connectivity index (χ0v) is 8.77. The van der Waals surface area contributed by atoms with E-state index in [1.54, 1.807) is 0 Å². The maximum absolute atomic E-state index is 11.4. The summed E-state index contributed by atoms with van der Waals surface area (Å²) in [6.45, 7) is -1.16. The summed E-state index contributed by atoms with van der Waals surface area (Å²) in [5, 5.41) is 0. The Labute approximate surface area is 87.9 Å². The van der Waals surface area contributed by atoms with Gasteiger partial charge in [0.1, 0.15) is 13.1 Å². The van der Waals surface area contributed by atoms with Crippen molar-refractivity contribution in [1.29, 1.82) is 0 Å². The molecule has 0 bridgehead atoms. The Morgan fingerprint density at radius 2 is 1.73 bits per heavy atom. The van der Waals surface area contributed by atoms with Gasteiger partial charge in [-0.1, -0.05) is 19.3 Å². The summed E-state index contributed by atoms with van der Waals surface area (Å²) >= 11 is 0. The Morgan fingerprint density at radius 1 is 1.20 bits per heavy atom. The highest BCUT2D eigenvalue weighted by atomic mass is 16.7. The van der Waals surface area contributed by atoms with Crippen LogP contribution < -0.4 is 0 Å². The van der Waals surface area contributed by atoms with Crippen LogP contribution in [-0.4, -0.2) is 43.2 Å². The molecule has 0 amide bonds. The molecule has 0 N–H and O–H groups in total. The van der Waals surface area contributed by atoms with E-state index in [9.17, 15) is 9.59 Å². The first-order valence-electron chi connectivity index (χ1n) is 5.48. The standard InChI is InChI=1S/C9H14BNO4/c1-11-5-8(12)14-10(11,7-3-2-4-7)15-9(13)6-11/h7H,2-6H2,1H3. The van der Waals surface area contributed by atoms with Crippen molar-refractivity contribution in [2.24, 2.45) is 0 Å². The molecule has 0 aromatic carbocycles. The van der Waals surface area contributed by atoms with E-state index in [-0.39, 0.29) is 30.8 Å². The zero-order valence-electron chi connectivity index (χ0n) is 8.77. The Hall–Kier alpha value is -1.04. The van der Waals surface area contributed by atoms with E-state index >= 15 is 0 Å². The Kier molecular flexibility index (Phi) is 1.57. The van der Waals surface area contributed by atoms with Crippen LogP contribution in [0.15, 0.2) is 0 Å². The summed E-state index contributed by atoms with van der Waals surface area (Å²) in [4.78, 5) is 22.8. The fourth-order valence-corrected chi connectivity index (χ4v) is 3.19. The SMILES string of the molecule is C[N+]12CC(=O)O[B-]1(C1CCC1)OC(=O)C2. The first-order valence-corrected chi connectivity index (χ1v) is 5.48. The number of fused-ring (bicyclic) bond motifs is 1. The summed E-state index contributed by atoms with van der Waals surface area (Å²) in [5.74, 6) is -0.193. The van der Waals surface area contributed by atoms with Crippen LogP contribution in [0.3, 0.4) is 0 Å². The first-order chi connectivity index (χ1) is 7.06. The second kappa shape index (κ2) is 2.55. The van der Waals surface area contributed by atoms with Crippen molar-refractivity contribution in [3.8, 4) is 0 Å². The molecule has 3 aliphatic rings. The molecule has 1 aliphatic carbocycles. The molecule has 0 atom stereocenters. The quantitative estimate of drug-likeness (QED) is 0.574. The average Bonchev–Trinajstić information content (AvgIpc) is 2.28. The Morgan fingerprint density at radius 3 is 2.13 bits per heavy atom. The molecule has 5 nitrogen and oxygen atoms in total. The molecule has 0 spiro atoms. The minimum absolute atomic E-state index is 0.225. The van der Waals surface area contributed by atoms with E-state index in [2.05, 4.69) is 0 Å². The maximum atomic E-state index is 11.4. The number of likely N-dealkylation sites (N-methyl/N-ethyl adjacent to an activating group) is 1. The third-order valence-electron chi connectivity index (χ3n) is 4.20. The van der Waals surface area contributed by atoms with E-state index in [0.717, 1.165) is 19.3 Å². The van der Waals surface area contributed by atoms with Crippen molar-refractivity contribution >= 4 is 18.6 Å². The normalized spacial score (nSPS) is 44.6. The van der Waals surface area contributed by atoms with Gasteiger partial charge < -0.3 is 13.7 Å². The number of hydrogen-bond donors (Lipinski definition) is 0. The molecule has 3 fully saturated rings. The molecular formula is C9H14BNO4. The predicted molar refractivity (Wildman–Crippen MR) is 51.5 cm³/mol. The van der Waals surface area contributed by atoms with Gasteiger partial charge in [-0.25, -0.2) is 0 Å². The Bertz CT molecular complexity index is 332. The lowest BCUT2D eigenvalue weighted by Gasteiger charge is -2.47. The van der Waals surface area contributed by atoms with E-state index in [1.165, 1.54) is 0 Å². The molecule has 6 heteroatoms. The molecule has 0 aromatic rings. The molecule has 15 heavy (non-hydrogen) atoms. The van der Waals surface area contributed by atoms with Gasteiger partial charge in [-0.05, 0) is 5.82 Å². The molecule has 0 radical (unpaired) electrons. The summed E-state index contributed by atoms with van der Waals surface area (Å²) in [6, 6.07) is 0. The highest BCUT2D eigenvalue weighted by Gasteiger charge is 2.69. The van der Waals surface area contributed by atoms with Gasteiger partial charge in [0, 0.05) is 7.05 Å². The van der Waals surface area contributed by atoms with Crippen LogP contribution in [0.4, 0.5) is 0 Å². The highest BCUT2D eigenvalue weighted by Crippen LogP contribution is 2.50. The van der Waals surface area contributed by atoms with Gasteiger partial charge in [-0.3, -0.25) is 9.59 Å². The zero-order chi connectivity index (χ0) is 10.7. The lowest BCUT2D eigenvalue weighted by molar-refractivity contribution is -0.795. The van der Waals surface area contributed by atoms with E-state index < -0.39 is 6.69 Å². The summed E-state index contributed by atoms with van der Waals surface area (Å²) < 4.78 is 11.2. The number of carbonyl (C=O) groups is 2. The van der Waals surface area contributed by atoms with Gasteiger partial charge in [0.25, 0.3) is 0 Å². The molecule has 0 aromatic heterocycles. The van der Waals surface area contributed by atoms with E-state index in [0.29, 0.717) is 4.39 Å². The van der Waals surface area contributed by atoms with Crippen LogP contribution in [0.2, 0.25) is 5.82 Å². The predicted octanol–water partition coefficient (Wildman–Crippen LogP) is 0.0396. The van der Waals surface area contributed by atoms with Crippen LogP contribution in [-0.2, 0) is 18.9 Å². The van der Waals surface area contributed by atoms with Crippen molar-refractivity contribution in [2.75, 3.05) is 20.1 Å². The lowest BCUT2D eigenvalue weighted by Crippen LogP contribution is -2.63. The number of nitrogens with zero attached hydrogens (tertiary/aromatic N) is 1. The lowest BCUT2D eigenvalue weighted by atomic mass is 9.48. The summed E-state index contributed by atoms with van der Waals surface area (Å²) in [5.41, 5.74) is 0. The minimum Gasteiger partial charge on any atom is -0.600 e. The van der Waals surface area contributed by atoms with Crippen molar-refractivity contribution in [1.82, 2.24) is 0 Å². The third kappa shape index (κ3) is 0.976. The molecular weight excluding hydrogens is 197 g/mol. The monoisotopic (exact) mass is 211 g/mol. The molecule has 82 valence electrons. The van der Waals surface area contributed by atoms with Gasteiger partial charge in [0.2, 0.25) is 0 Å². The van der Waals surface area contributed by atoms with Gasteiger partial charge in [0.15, 0.2) is 0 Å². The molecule has 2 aliphatic heterocycles. The van der Waals surface area contributed by atoms with E-state index in [1.807, 2.05) is 7.05 Å². The molecule has 1 saturated carbocycles. The third-order valence-corrected chi connectivity index (χ3v) is 4.20. The van der Waals surface area contributed by atoms with Crippen LogP contribution >= 0.6 is 0 Å². The molecule has 2 heterocycles. The van der Waals surface area contributed by atoms with Crippen LogP contribution in [0.5, 0.6) is 0 Å². The van der Waals surface area contributed by atoms with Crippen molar-refractivity contribution in [3.05, 3.63) is 0 Å². The number of rotatable bonds is 1. The van der Waals surface area contributed by atoms with Crippen LogP contribution in [0.1, 0.15) is 19.3 Å². The number of quaternary nitrogens is 1. The fourth-order valence-electron chi connectivity index (χ4n) is 3.19. The molecule has 3 rings (SSSR count). The number of hydrogen-bond acceptors (Lipinski definition) is 4. The first kappa shape index (κ1) is 9.21. The van der Waals surface area contributed by atoms with Crippen molar-refractivity contribution in [3.63, 3.8) is 0 Å². The second-order valence-electron chi connectivity index (χ2n) is 5.19. The highest BCUT2D eigenvalue weighted by molar-refractivity contribution is 6.67.